The normalized spacial score (nSPS) is 12.8. The summed E-state index contributed by atoms with van der Waals surface area (Å²) in [5.74, 6) is 0.420. The zero-order chi connectivity index (χ0) is 24.6. The van der Waals surface area contributed by atoms with Crippen molar-refractivity contribution in [2.45, 2.75) is 71.1 Å². The predicted octanol–water partition coefficient (Wildman–Crippen LogP) is 4.22. The van der Waals surface area contributed by atoms with Crippen molar-refractivity contribution in [3.63, 3.8) is 0 Å². The third-order valence-corrected chi connectivity index (χ3v) is 7.35. The maximum absolute atomic E-state index is 12.6. The number of carbonyl (C=O) groups excluding carboxylic acids is 2. The summed E-state index contributed by atoms with van der Waals surface area (Å²) < 4.78 is 5.69. The molecule has 0 saturated carbocycles. The third kappa shape index (κ3) is 6.48. The molecular formula is C26H32N4O4S. The fraction of sp³-hybridized carbons (Fsp3) is 0.462. The summed E-state index contributed by atoms with van der Waals surface area (Å²) in [6.07, 6.45) is 9.08. The van der Waals surface area contributed by atoms with Crippen molar-refractivity contribution in [2.24, 2.45) is 0 Å². The lowest BCUT2D eigenvalue weighted by Crippen LogP contribution is -2.41. The van der Waals surface area contributed by atoms with Gasteiger partial charge in [0.15, 0.2) is 0 Å². The Morgan fingerprint density at radius 1 is 1.09 bits per heavy atom. The number of aromatic amines is 1. The molecule has 3 N–H and O–H groups in total. The fourth-order valence-corrected chi connectivity index (χ4v) is 5.52. The maximum Gasteiger partial charge on any atom is 0.269 e. The average Bonchev–Trinajstić information content (AvgIpc) is 3.25. The van der Waals surface area contributed by atoms with E-state index in [0.717, 1.165) is 48.9 Å². The molecule has 0 radical (unpaired) electrons. The largest absolute Gasteiger partial charge is 0.494 e. The molecule has 186 valence electrons. The number of H-pyrrole nitrogens is 1. The summed E-state index contributed by atoms with van der Waals surface area (Å²) in [5, 5.41) is 0.707. The van der Waals surface area contributed by atoms with Crippen LogP contribution in [0.1, 0.15) is 78.5 Å². The molecule has 0 atom stereocenters. The number of hydrazine groups is 1. The maximum atomic E-state index is 12.6. The Labute approximate surface area is 208 Å². The first-order valence-electron chi connectivity index (χ1n) is 12.4. The number of nitrogens with zero attached hydrogens (tertiary/aromatic N) is 1. The SMILES string of the molecule is CCCCCCOc1ccc(C(=O)NNC(=O)CCc2nc3sc4c(c3c(=O)[nH]2)CCCC4)cc1. The number of hydrogen-bond acceptors (Lipinski definition) is 6. The molecule has 0 spiro atoms. The summed E-state index contributed by atoms with van der Waals surface area (Å²) in [5.41, 5.74) is 6.28. The van der Waals surface area contributed by atoms with Crippen LogP contribution in [0.3, 0.4) is 0 Å². The molecule has 0 bridgehead atoms. The van der Waals surface area contributed by atoms with Crippen LogP contribution in [0.4, 0.5) is 0 Å². The van der Waals surface area contributed by atoms with Crippen molar-refractivity contribution < 1.29 is 14.3 Å². The van der Waals surface area contributed by atoms with Crippen molar-refractivity contribution in [3.8, 4) is 5.75 Å². The number of benzene rings is 1. The second kappa shape index (κ2) is 12.0. The van der Waals surface area contributed by atoms with Gasteiger partial charge in [-0.2, -0.15) is 0 Å². The highest BCUT2D eigenvalue weighted by Crippen LogP contribution is 2.33. The van der Waals surface area contributed by atoms with Gasteiger partial charge in [-0.15, -0.1) is 11.3 Å². The summed E-state index contributed by atoms with van der Waals surface area (Å²) >= 11 is 1.58. The van der Waals surface area contributed by atoms with Gasteiger partial charge in [0.25, 0.3) is 11.5 Å². The minimum absolute atomic E-state index is 0.0879. The van der Waals surface area contributed by atoms with E-state index in [9.17, 15) is 14.4 Å². The zero-order valence-corrected chi connectivity index (χ0v) is 20.9. The molecule has 1 aliphatic carbocycles. The van der Waals surface area contributed by atoms with Gasteiger partial charge in [-0.25, -0.2) is 4.98 Å². The quantitative estimate of drug-likeness (QED) is 0.287. The van der Waals surface area contributed by atoms with E-state index in [4.69, 9.17) is 4.74 Å². The lowest BCUT2D eigenvalue weighted by molar-refractivity contribution is -0.121. The van der Waals surface area contributed by atoms with E-state index in [2.05, 4.69) is 27.7 Å². The van der Waals surface area contributed by atoms with Crippen molar-refractivity contribution in [2.75, 3.05) is 6.61 Å². The Bertz CT molecular complexity index is 1230. The average molecular weight is 497 g/mol. The molecule has 1 aliphatic rings. The van der Waals surface area contributed by atoms with Gasteiger partial charge in [0.2, 0.25) is 5.91 Å². The van der Waals surface area contributed by atoms with Gasteiger partial charge in [-0.1, -0.05) is 26.2 Å². The number of ether oxygens (including phenoxy) is 1. The number of unbranched alkanes of at least 4 members (excludes halogenated alkanes) is 3. The predicted molar refractivity (Wildman–Crippen MR) is 137 cm³/mol. The van der Waals surface area contributed by atoms with E-state index in [0.29, 0.717) is 29.1 Å². The van der Waals surface area contributed by atoms with E-state index in [1.54, 1.807) is 35.6 Å². The lowest BCUT2D eigenvalue weighted by atomic mass is 9.97. The minimum Gasteiger partial charge on any atom is -0.494 e. The molecule has 0 saturated heterocycles. The molecule has 0 fully saturated rings. The van der Waals surface area contributed by atoms with Gasteiger partial charge < -0.3 is 9.72 Å². The van der Waals surface area contributed by atoms with Gasteiger partial charge in [-0.05, 0) is 61.9 Å². The number of rotatable bonds is 10. The standard InChI is InChI=1S/C26H32N4O4S/c1-2-3-4-7-16-34-18-12-10-17(11-13-18)24(32)30-29-22(31)15-14-21-27-25(33)23-19-8-5-6-9-20(19)35-26(23)28-21/h10-13H,2-9,14-16H2,1H3,(H,29,31)(H,30,32)(H,27,28,33). The van der Waals surface area contributed by atoms with Gasteiger partial charge in [0.05, 0.1) is 12.0 Å². The number of amides is 2. The lowest BCUT2D eigenvalue weighted by Gasteiger charge is -2.09. The number of aromatic nitrogens is 2. The van der Waals surface area contributed by atoms with Crippen LogP contribution < -0.4 is 21.1 Å². The number of nitrogens with one attached hydrogen (secondary N) is 3. The molecule has 2 heterocycles. The Morgan fingerprint density at radius 2 is 1.89 bits per heavy atom. The van der Waals surface area contributed by atoms with E-state index in [-0.39, 0.29) is 24.3 Å². The van der Waals surface area contributed by atoms with Crippen LogP contribution in [0.15, 0.2) is 29.1 Å². The molecule has 9 heteroatoms. The molecular weight excluding hydrogens is 464 g/mol. The van der Waals surface area contributed by atoms with Crippen LogP contribution in [0.2, 0.25) is 0 Å². The molecule has 35 heavy (non-hydrogen) atoms. The minimum atomic E-state index is -0.412. The molecule has 0 unspecified atom stereocenters. The van der Waals surface area contributed by atoms with Crippen LogP contribution in [-0.4, -0.2) is 28.4 Å². The molecule has 3 aromatic rings. The molecule has 4 rings (SSSR count). The van der Waals surface area contributed by atoms with Crippen LogP contribution in [-0.2, 0) is 24.1 Å². The van der Waals surface area contributed by atoms with Crippen molar-refractivity contribution in [1.29, 1.82) is 0 Å². The monoisotopic (exact) mass is 496 g/mol. The summed E-state index contributed by atoms with van der Waals surface area (Å²) in [6.45, 7) is 2.83. The highest BCUT2D eigenvalue weighted by molar-refractivity contribution is 7.18. The smallest absolute Gasteiger partial charge is 0.269 e. The van der Waals surface area contributed by atoms with E-state index >= 15 is 0 Å². The van der Waals surface area contributed by atoms with Gasteiger partial charge in [-0.3, -0.25) is 25.2 Å². The van der Waals surface area contributed by atoms with Crippen molar-refractivity contribution in [1.82, 2.24) is 20.8 Å². The van der Waals surface area contributed by atoms with Gasteiger partial charge in [0.1, 0.15) is 16.4 Å². The van der Waals surface area contributed by atoms with Gasteiger partial charge in [0, 0.05) is 23.3 Å². The number of carbonyl (C=O) groups is 2. The Morgan fingerprint density at radius 3 is 2.69 bits per heavy atom. The van der Waals surface area contributed by atoms with Crippen LogP contribution in [0.25, 0.3) is 10.2 Å². The Hall–Kier alpha value is -3.20. The number of hydrogen-bond donors (Lipinski definition) is 3. The first-order chi connectivity index (χ1) is 17.0. The topological polar surface area (TPSA) is 113 Å². The number of aryl methyl sites for hydroxylation is 3. The molecule has 0 aliphatic heterocycles. The summed E-state index contributed by atoms with van der Waals surface area (Å²) in [4.78, 5) is 46.6. The Kier molecular flexibility index (Phi) is 8.52. The van der Waals surface area contributed by atoms with Gasteiger partial charge >= 0.3 is 0 Å². The highest BCUT2D eigenvalue weighted by Gasteiger charge is 2.20. The van der Waals surface area contributed by atoms with Crippen LogP contribution in [0, 0.1) is 0 Å². The second-order valence-electron chi connectivity index (χ2n) is 8.84. The molecule has 2 aromatic heterocycles. The summed E-state index contributed by atoms with van der Waals surface area (Å²) in [6, 6.07) is 6.81. The second-order valence-corrected chi connectivity index (χ2v) is 9.92. The highest BCUT2D eigenvalue weighted by atomic mass is 32.1. The number of fused-ring (bicyclic) bond motifs is 3. The van der Waals surface area contributed by atoms with Crippen molar-refractivity contribution in [3.05, 3.63) is 56.4 Å². The third-order valence-electron chi connectivity index (χ3n) is 6.16. The summed E-state index contributed by atoms with van der Waals surface area (Å²) in [7, 11) is 0. The van der Waals surface area contributed by atoms with E-state index in [1.165, 1.54) is 17.7 Å². The molecule has 1 aromatic carbocycles. The van der Waals surface area contributed by atoms with Crippen molar-refractivity contribution >= 4 is 33.4 Å². The number of thiophene rings is 1. The van der Waals surface area contributed by atoms with E-state index < -0.39 is 5.91 Å². The van der Waals surface area contributed by atoms with Crippen LogP contribution in [0.5, 0.6) is 5.75 Å². The molecule has 8 nitrogen and oxygen atoms in total. The molecule has 2 amide bonds. The van der Waals surface area contributed by atoms with E-state index in [1.807, 2.05) is 0 Å². The first-order valence-corrected chi connectivity index (χ1v) is 13.2. The zero-order valence-electron chi connectivity index (χ0n) is 20.1. The first kappa shape index (κ1) is 24.9. The van der Waals surface area contributed by atoms with Crippen LogP contribution >= 0.6 is 11.3 Å². The fourth-order valence-electron chi connectivity index (χ4n) is 4.24. The Balaban J connectivity index is 1.24.